The van der Waals surface area contributed by atoms with Crippen molar-refractivity contribution in [2.24, 2.45) is 5.73 Å². The monoisotopic (exact) mass is 240 g/mol. The van der Waals surface area contributed by atoms with E-state index in [1.165, 1.54) is 25.0 Å². The number of nitrogens with two attached hydrogens (primary N) is 1. The van der Waals surface area contributed by atoms with E-state index in [1.54, 1.807) is 0 Å². The van der Waals surface area contributed by atoms with Crippen molar-refractivity contribution in [1.29, 1.82) is 0 Å². The van der Waals surface area contributed by atoms with Crippen LogP contribution in [-0.4, -0.2) is 31.1 Å². The molecule has 1 aliphatic rings. The molecule has 1 saturated heterocycles. The van der Waals surface area contributed by atoms with Gasteiger partial charge in [-0.2, -0.15) is 0 Å². The number of hydrogen-bond acceptors (Lipinski definition) is 2. The molecule has 1 aromatic rings. The summed E-state index contributed by atoms with van der Waals surface area (Å²) in [4.78, 5) is 2.31. The second-order valence-corrected chi connectivity index (χ2v) is 4.64. The van der Waals surface area contributed by atoms with Crippen LogP contribution in [-0.2, 0) is 0 Å². The average Bonchev–Trinajstić information content (AvgIpc) is 2.77. The van der Waals surface area contributed by atoms with E-state index < -0.39 is 11.6 Å². The van der Waals surface area contributed by atoms with Crippen molar-refractivity contribution in [2.75, 3.05) is 26.2 Å². The van der Waals surface area contributed by atoms with Crippen molar-refractivity contribution in [3.8, 4) is 0 Å². The first kappa shape index (κ1) is 12.5. The molecule has 0 saturated carbocycles. The molecule has 0 radical (unpaired) electrons. The fraction of sp³-hybridized carbons (Fsp3) is 0.538. The summed E-state index contributed by atoms with van der Waals surface area (Å²) >= 11 is 0. The molecule has 0 aromatic heterocycles. The Morgan fingerprint density at radius 1 is 1.12 bits per heavy atom. The third-order valence-electron chi connectivity index (χ3n) is 3.32. The van der Waals surface area contributed by atoms with Gasteiger partial charge in [0, 0.05) is 25.1 Å². The Bertz CT molecular complexity index is 355. The van der Waals surface area contributed by atoms with Crippen molar-refractivity contribution in [1.82, 2.24) is 4.90 Å². The van der Waals surface area contributed by atoms with Gasteiger partial charge in [-0.3, -0.25) is 0 Å². The van der Waals surface area contributed by atoms with Crippen LogP contribution in [0.2, 0.25) is 0 Å². The number of likely N-dealkylation sites (tertiary alicyclic amines) is 1. The van der Waals surface area contributed by atoms with E-state index >= 15 is 0 Å². The van der Waals surface area contributed by atoms with Crippen molar-refractivity contribution in [3.63, 3.8) is 0 Å². The van der Waals surface area contributed by atoms with Crippen LogP contribution in [0.15, 0.2) is 18.2 Å². The highest BCUT2D eigenvalue weighted by molar-refractivity contribution is 5.22. The molecule has 2 nitrogen and oxygen atoms in total. The zero-order valence-corrected chi connectivity index (χ0v) is 9.83. The number of rotatable bonds is 4. The summed E-state index contributed by atoms with van der Waals surface area (Å²) in [6, 6.07) is 3.67. The molecule has 0 amide bonds. The van der Waals surface area contributed by atoms with Crippen LogP contribution in [0.25, 0.3) is 0 Å². The minimum Gasteiger partial charge on any atom is -0.330 e. The molecule has 0 bridgehead atoms. The summed E-state index contributed by atoms with van der Waals surface area (Å²) in [5.41, 5.74) is 6.38. The lowest BCUT2D eigenvalue weighted by molar-refractivity contribution is 0.315. The SMILES string of the molecule is NCC(CN1CCCC1)c1cc(F)cc(F)c1. The van der Waals surface area contributed by atoms with Gasteiger partial charge in [0.2, 0.25) is 0 Å². The second-order valence-electron chi connectivity index (χ2n) is 4.64. The Morgan fingerprint density at radius 3 is 2.24 bits per heavy atom. The molecular formula is C13H18F2N2. The molecule has 4 heteroatoms. The summed E-state index contributed by atoms with van der Waals surface area (Å²) in [6.07, 6.45) is 2.41. The van der Waals surface area contributed by atoms with Gasteiger partial charge in [0.1, 0.15) is 11.6 Å². The lowest BCUT2D eigenvalue weighted by atomic mass is 9.98. The van der Waals surface area contributed by atoms with E-state index in [0.717, 1.165) is 25.7 Å². The molecular weight excluding hydrogens is 222 g/mol. The Labute approximate surface area is 100 Å². The lowest BCUT2D eigenvalue weighted by Gasteiger charge is -2.22. The van der Waals surface area contributed by atoms with E-state index in [1.807, 2.05) is 0 Å². The van der Waals surface area contributed by atoms with E-state index in [4.69, 9.17) is 5.73 Å². The molecule has 0 aliphatic carbocycles. The highest BCUT2D eigenvalue weighted by Gasteiger charge is 2.18. The number of hydrogen-bond donors (Lipinski definition) is 1. The molecule has 1 aromatic carbocycles. The molecule has 2 rings (SSSR count). The van der Waals surface area contributed by atoms with E-state index in [-0.39, 0.29) is 5.92 Å². The number of benzene rings is 1. The smallest absolute Gasteiger partial charge is 0.126 e. The van der Waals surface area contributed by atoms with Gasteiger partial charge in [-0.15, -0.1) is 0 Å². The zero-order chi connectivity index (χ0) is 12.3. The highest BCUT2D eigenvalue weighted by atomic mass is 19.1. The van der Waals surface area contributed by atoms with E-state index in [9.17, 15) is 8.78 Å². The maximum atomic E-state index is 13.1. The third kappa shape index (κ3) is 3.23. The molecule has 2 N–H and O–H groups in total. The summed E-state index contributed by atoms with van der Waals surface area (Å²) < 4.78 is 26.3. The largest absolute Gasteiger partial charge is 0.330 e. The van der Waals surface area contributed by atoms with Crippen LogP contribution in [0.3, 0.4) is 0 Å². The van der Waals surface area contributed by atoms with Crippen molar-refractivity contribution >= 4 is 0 Å². The first-order valence-electron chi connectivity index (χ1n) is 6.07. The highest BCUT2D eigenvalue weighted by Crippen LogP contribution is 2.20. The van der Waals surface area contributed by atoms with Gasteiger partial charge >= 0.3 is 0 Å². The maximum absolute atomic E-state index is 13.1. The third-order valence-corrected chi connectivity index (χ3v) is 3.32. The summed E-state index contributed by atoms with van der Waals surface area (Å²) in [6.45, 7) is 3.33. The van der Waals surface area contributed by atoms with Gasteiger partial charge < -0.3 is 10.6 Å². The van der Waals surface area contributed by atoms with Crippen molar-refractivity contribution in [3.05, 3.63) is 35.4 Å². The van der Waals surface area contributed by atoms with Crippen molar-refractivity contribution in [2.45, 2.75) is 18.8 Å². The molecule has 1 atom stereocenters. The number of nitrogens with zero attached hydrogens (tertiary/aromatic N) is 1. The fourth-order valence-electron chi connectivity index (χ4n) is 2.40. The van der Waals surface area contributed by atoms with Crippen LogP contribution in [0, 0.1) is 11.6 Å². The summed E-state index contributed by atoms with van der Waals surface area (Å²) in [5, 5.41) is 0. The molecule has 17 heavy (non-hydrogen) atoms. The van der Waals surface area contributed by atoms with E-state index in [2.05, 4.69) is 4.90 Å². The zero-order valence-electron chi connectivity index (χ0n) is 9.83. The van der Waals surface area contributed by atoms with Gasteiger partial charge in [0.15, 0.2) is 0 Å². The molecule has 1 unspecified atom stereocenters. The van der Waals surface area contributed by atoms with Gasteiger partial charge in [-0.1, -0.05) is 0 Å². The molecule has 1 fully saturated rings. The van der Waals surface area contributed by atoms with Gasteiger partial charge in [-0.05, 0) is 43.6 Å². The topological polar surface area (TPSA) is 29.3 Å². The average molecular weight is 240 g/mol. The van der Waals surface area contributed by atoms with Crippen LogP contribution < -0.4 is 5.73 Å². The van der Waals surface area contributed by atoms with Crippen LogP contribution in [0.5, 0.6) is 0 Å². The predicted molar refractivity (Wildman–Crippen MR) is 63.8 cm³/mol. The molecule has 1 aliphatic heterocycles. The lowest BCUT2D eigenvalue weighted by Crippen LogP contribution is -2.29. The minimum absolute atomic E-state index is 0.0123. The normalized spacial score (nSPS) is 18.5. The standard InChI is InChI=1S/C13H18F2N2/c14-12-5-10(6-13(15)7-12)11(8-16)9-17-3-1-2-4-17/h5-7,11H,1-4,8-9,16H2. The molecule has 1 heterocycles. The van der Waals surface area contributed by atoms with Gasteiger partial charge in [-0.25, -0.2) is 8.78 Å². The Kier molecular flexibility index (Phi) is 4.07. The maximum Gasteiger partial charge on any atom is 0.126 e. The second kappa shape index (κ2) is 5.56. The fourth-order valence-corrected chi connectivity index (χ4v) is 2.40. The van der Waals surface area contributed by atoms with Gasteiger partial charge in [0.25, 0.3) is 0 Å². The minimum atomic E-state index is -0.528. The van der Waals surface area contributed by atoms with Crippen LogP contribution >= 0.6 is 0 Å². The predicted octanol–water partition coefficient (Wildman–Crippen LogP) is 2.10. The Balaban J connectivity index is 2.10. The van der Waals surface area contributed by atoms with Gasteiger partial charge in [0.05, 0.1) is 0 Å². The molecule has 94 valence electrons. The first-order chi connectivity index (χ1) is 8.19. The van der Waals surface area contributed by atoms with Crippen LogP contribution in [0.1, 0.15) is 24.3 Å². The Morgan fingerprint density at radius 2 is 1.71 bits per heavy atom. The quantitative estimate of drug-likeness (QED) is 0.873. The Hall–Kier alpha value is -1.00. The molecule has 0 spiro atoms. The first-order valence-corrected chi connectivity index (χ1v) is 6.07. The summed E-state index contributed by atoms with van der Waals surface area (Å²) in [7, 11) is 0. The summed E-state index contributed by atoms with van der Waals surface area (Å²) in [5.74, 6) is -1.04. The van der Waals surface area contributed by atoms with Crippen LogP contribution in [0.4, 0.5) is 8.78 Å². The number of halogens is 2. The van der Waals surface area contributed by atoms with Crippen molar-refractivity contribution < 1.29 is 8.78 Å². The van der Waals surface area contributed by atoms with E-state index in [0.29, 0.717) is 12.1 Å².